The Morgan fingerprint density at radius 1 is 0.875 bits per heavy atom. The lowest BCUT2D eigenvalue weighted by atomic mass is 10.0. The summed E-state index contributed by atoms with van der Waals surface area (Å²) in [4.78, 5) is 57.9. The second-order valence-corrected chi connectivity index (χ2v) is 12.8. The number of hydrogen-bond donors (Lipinski definition) is 4. The van der Waals surface area contributed by atoms with Gasteiger partial charge >= 0.3 is 6.09 Å². The normalized spacial score (nSPS) is 18.3. The SMILES string of the molecule is CCNC(=O)[C@@H]1CCCN1c1ncc(-c2ccc(-c3ccc(-c4cnc([C@@H]5CCCN5C(=O)[C@@H](NC(=O)OC)C(C)C)[nH]4)cc3)cc2)[nH]1. The van der Waals surface area contributed by atoms with E-state index in [0.717, 1.165) is 77.6 Å². The molecule has 4 heterocycles. The molecule has 2 aromatic carbocycles. The molecule has 3 atom stereocenters. The van der Waals surface area contributed by atoms with Gasteiger partial charge in [0.05, 0.1) is 36.9 Å². The number of benzene rings is 2. The van der Waals surface area contributed by atoms with E-state index in [-0.39, 0.29) is 29.8 Å². The number of nitrogens with one attached hydrogen (secondary N) is 4. The number of rotatable bonds is 10. The van der Waals surface area contributed by atoms with E-state index in [4.69, 9.17) is 4.74 Å². The van der Waals surface area contributed by atoms with Gasteiger partial charge in [0.1, 0.15) is 17.9 Å². The van der Waals surface area contributed by atoms with Crippen LogP contribution in [0.4, 0.5) is 10.7 Å². The Morgan fingerprint density at radius 2 is 1.48 bits per heavy atom. The topological polar surface area (TPSA) is 148 Å². The number of imidazole rings is 2. The van der Waals surface area contributed by atoms with Crippen LogP contribution in [0.15, 0.2) is 60.9 Å². The third-order valence-corrected chi connectivity index (χ3v) is 9.30. The third-order valence-electron chi connectivity index (χ3n) is 9.30. The number of amides is 3. The molecule has 0 saturated carbocycles. The molecule has 4 aromatic rings. The summed E-state index contributed by atoms with van der Waals surface area (Å²) in [5.74, 6) is 1.29. The maximum Gasteiger partial charge on any atom is 0.407 e. The zero-order valence-electron chi connectivity index (χ0n) is 28.0. The lowest BCUT2D eigenvalue weighted by Crippen LogP contribution is -2.51. The number of aromatic amines is 2. The average Bonchev–Trinajstić information content (AvgIpc) is 3.93. The van der Waals surface area contributed by atoms with Crippen LogP contribution in [0.3, 0.4) is 0 Å². The van der Waals surface area contributed by atoms with Gasteiger partial charge in [0, 0.05) is 19.6 Å². The molecule has 48 heavy (non-hydrogen) atoms. The first-order chi connectivity index (χ1) is 23.3. The summed E-state index contributed by atoms with van der Waals surface area (Å²) in [6.07, 6.45) is 6.47. The van der Waals surface area contributed by atoms with E-state index in [1.807, 2.05) is 38.1 Å². The van der Waals surface area contributed by atoms with Crippen LogP contribution in [-0.2, 0) is 14.3 Å². The average molecular weight is 653 g/mol. The van der Waals surface area contributed by atoms with Crippen molar-refractivity contribution in [1.82, 2.24) is 35.5 Å². The molecule has 0 spiro atoms. The van der Waals surface area contributed by atoms with Gasteiger partial charge in [0.15, 0.2) is 0 Å². The monoisotopic (exact) mass is 652 g/mol. The molecule has 2 fully saturated rings. The summed E-state index contributed by atoms with van der Waals surface area (Å²) in [5, 5.41) is 5.63. The maximum absolute atomic E-state index is 13.5. The second-order valence-electron chi connectivity index (χ2n) is 12.8. The molecular formula is C36H44N8O4. The van der Waals surface area contributed by atoms with Crippen molar-refractivity contribution in [3.8, 4) is 33.6 Å². The number of alkyl carbamates (subject to hydrolysis) is 1. The summed E-state index contributed by atoms with van der Waals surface area (Å²) in [6.45, 7) is 7.78. The highest BCUT2D eigenvalue weighted by molar-refractivity contribution is 5.87. The predicted octanol–water partition coefficient (Wildman–Crippen LogP) is 5.28. The molecule has 0 radical (unpaired) electrons. The van der Waals surface area contributed by atoms with Gasteiger partial charge in [-0.15, -0.1) is 0 Å². The molecule has 0 unspecified atom stereocenters. The fraction of sp³-hybridized carbons (Fsp3) is 0.417. The molecule has 2 aromatic heterocycles. The van der Waals surface area contributed by atoms with Gasteiger partial charge in [0.2, 0.25) is 17.8 Å². The van der Waals surface area contributed by atoms with Gasteiger partial charge in [-0.2, -0.15) is 0 Å². The highest BCUT2D eigenvalue weighted by Gasteiger charge is 2.37. The van der Waals surface area contributed by atoms with Crippen molar-refractivity contribution < 1.29 is 19.1 Å². The van der Waals surface area contributed by atoms with Crippen molar-refractivity contribution in [2.45, 2.75) is 64.6 Å². The van der Waals surface area contributed by atoms with Crippen molar-refractivity contribution in [3.63, 3.8) is 0 Å². The number of likely N-dealkylation sites (N-methyl/N-ethyl adjacent to an activating group) is 1. The number of methoxy groups -OCH3 is 1. The minimum absolute atomic E-state index is 0.0508. The van der Waals surface area contributed by atoms with Crippen LogP contribution >= 0.6 is 0 Å². The number of nitrogens with zero attached hydrogens (tertiary/aromatic N) is 4. The van der Waals surface area contributed by atoms with Crippen LogP contribution in [0, 0.1) is 5.92 Å². The Kier molecular flexibility index (Phi) is 9.79. The van der Waals surface area contributed by atoms with Crippen molar-refractivity contribution >= 4 is 23.9 Å². The molecular weight excluding hydrogens is 608 g/mol. The third kappa shape index (κ3) is 6.78. The Hall–Kier alpha value is -5.13. The molecule has 252 valence electrons. The minimum Gasteiger partial charge on any atom is -0.453 e. The molecule has 3 amide bonds. The first-order valence-corrected chi connectivity index (χ1v) is 16.8. The predicted molar refractivity (Wildman–Crippen MR) is 184 cm³/mol. The van der Waals surface area contributed by atoms with E-state index in [9.17, 15) is 14.4 Å². The first-order valence-electron chi connectivity index (χ1n) is 16.8. The van der Waals surface area contributed by atoms with E-state index in [1.165, 1.54) is 7.11 Å². The van der Waals surface area contributed by atoms with Crippen LogP contribution in [0.5, 0.6) is 0 Å². The van der Waals surface area contributed by atoms with Crippen molar-refractivity contribution in [3.05, 3.63) is 66.7 Å². The summed E-state index contributed by atoms with van der Waals surface area (Å²) in [7, 11) is 1.29. The van der Waals surface area contributed by atoms with Gasteiger partial charge in [-0.05, 0) is 60.8 Å². The number of aromatic nitrogens is 4. The standard InChI is InChI=1S/C36H44N8O4/c1-5-37-33(45)30-9-7-19-44(30)35-39-21-28(41-35)26-16-12-24(13-17-26)23-10-14-25(15-11-23)27-20-38-32(40-27)29-8-6-18-43(29)34(46)31(22(2)3)42-36(47)48-4/h10-17,20-22,29-31H,5-9,18-19H2,1-4H3,(H,37,45)(H,38,40)(H,39,41)(H,42,47)/t29-,30-,31-/m0/s1. The van der Waals surface area contributed by atoms with Gasteiger partial charge in [0.25, 0.3) is 0 Å². The van der Waals surface area contributed by atoms with Crippen LogP contribution in [0.2, 0.25) is 0 Å². The number of carbonyl (C=O) groups is 3. The fourth-order valence-electron chi connectivity index (χ4n) is 6.72. The number of ether oxygens (including phenoxy) is 1. The second kappa shape index (κ2) is 14.3. The largest absolute Gasteiger partial charge is 0.453 e. The number of likely N-dealkylation sites (tertiary alicyclic amines) is 1. The fourth-order valence-corrected chi connectivity index (χ4v) is 6.72. The molecule has 12 nitrogen and oxygen atoms in total. The molecule has 4 N–H and O–H groups in total. The summed E-state index contributed by atoms with van der Waals surface area (Å²) in [5.41, 5.74) is 5.98. The van der Waals surface area contributed by atoms with Crippen molar-refractivity contribution in [2.75, 3.05) is 31.6 Å². The van der Waals surface area contributed by atoms with Crippen LogP contribution < -0.4 is 15.5 Å². The highest BCUT2D eigenvalue weighted by Crippen LogP contribution is 2.34. The van der Waals surface area contributed by atoms with Crippen molar-refractivity contribution in [2.24, 2.45) is 5.92 Å². The lowest BCUT2D eigenvalue weighted by Gasteiger charge is -2.30. The Bertz CT molecular complexity index is 1730. The maximum atomic E-state index is 13.5. The van der Waals surface area contributed by atoms with E-state index in [0.29, 0.717) is 13.1 Å². The zero-order chi connectivity index (χ0) is 33.8. The van der Waals surface area contributed by atoms with Gasteiger partial charge in [-0.25, -0.2) is 14.8 Å². The summed E-state index contributed by atoms with van der Waals surface area (Å²) < 4.78 is 4.74. The van der Waals surface area contributed by atoms with Gasteiger partial charge in [-0.1, -0.05) is 62.4 Å². The summed E-state index contributed by atoms with van der Waals surface area (Å²) in [6, 6.07) is 15.6. The molecule has 12 heteroatoms. The molecule has 2 aliphatic heterocycles. The zero-order valence-corrected chi connectivity index (χ0v) is 28.0. The molecule has 2 saturated heterocycles. The number of hydrogen-bond acceptors (Lipinski definition) is 7. The smallest absolute Gasteiger partial charge is 0.407 e. The van der Waals surface area contributed by atoms with E-state index < -0.39 is 12.1 Å². The van der Waals surface area contributed by atoms with E-state index >= 15 is 0 Å². The van der Waals surface area contributed by atoms with Crippen LogP contribution in [-0.4, -0.2) is 81.6 Å². The molecule has 0 bridgehead atoms. The number of carbonyl (C=O) groups excluding carboxylic acids is 3. The molecule has 2 aliphatic rings. The highest BCUT2D eigenvalue weighted by atomic mass is 16.5. The lowest BCUT2D eigenvalue weighted by molar-refractivity contribution is -0.135. The van der Waals surface area contributed by atoms with Crippen LogP contribution in [0.25, 0.3) is 33.6 Å². The number of H-pyrrole nitrogens is 2. The van der Waals surface area contributed by atoms with Gasteiger partial charge in [-0.3, -0.25) is 9.59 Å². The number of anilines is 1. The molecule has 0 aliphatic carbocycles. The van der Waals surface area contributed by atoms with Crippen LogP contribution in [0.1, 0.15) is 58.3 Å². The minimum atomic E-state index is -0.672. The molecule has 6 rings (SSSR count). The van der Waals surface area contributed by atoms with E-state index in [1.54, 1.807) is 0 Å². The van der Waals surface area contributed by atoms with E-state index in [2.05, 4.69) is 84.0 Å². The Labute approximate surface area is 280 Å². The quantitative estimate of drug-likeness (QED) is 0.182. The Morgan fingerprint density at radius 3 is 2.10 bits per heavy atom. The summed E-state index contributed by atoms with van der Waals surface area (Å²) >= 11 is 0. The van der Waals surface area contributed by atoms with Gasteiger partial charge < -0.3 is 35.1 Å². The Balaban J connectivity index is 1.11. The first kappa shape index (κ1) is 32.8. The van der Waals surface area contributed by atoms with Crippen molar-refractivity contribution in [1.29, 1.82) is 0 Å².